The summed E-state index contributed by atoms with van der Waals surface area (Å²) >= 11 is 5.80. The molecule has 1 N–H and O–H groups in total. The van der Waals surface area contributed by atoms with Gasteiger partial charge in [-0.15, -0.1) is 0 Å². The average molecular weight is 242 g/mol. The summed E-state index contributed by atoms with van der Waals surface area (Å²) in [6, 6.07) is 0. The highest BCUT2D eigenvalue weighted by molar-refractivity contribution is 6.28. The van der Waals surface area contributed by atoms with E-state index in [0.29, 0.717) is 11.2 Å². The number of piperidine rings is 1. The van der Waals surface area contributed by atoms with Crippen molar-refractivity contribution in [1.29, 1.82) is 0 Å². The van der Waals surface area contributed by atoms with Crippen molar-refractivity contribution in [1.82, 2.24) is 9.97 Å². The second-order valence-corrected chi connectivity index (χ2v) is 4.60. The molecule has 0 radical (unpaired) electrons. The van der Waals surface area contributed by atoms with Gasteiger partial charge in [0, 0.05) is 31.5 Å². The SMILES string of the molecule is Cc1cnc(Cl)nc1N1CCC(CO)CC1. The van der Waals surface area contributed by atoms with Gasteiger partial charge in [-0.25, -0.2) is 9.97 Å². The number of aromatic nitrogens is 2. The van der Waals surface area contributed by atoms with E-state index in [2.05, 4.69) is 14.9 Å². The lowest BCUT2D eigenvalue weighted by Crippen LogP contribution is -2.35. The molecule has 0 spiro atoms. The van der Waals surface area contributed by atoms with E-state index >= 15 is 0 Å². The fraction of sp³-hybridized carbons (Fsp3) is 0.636. The van der Waals surface area contributed by atoms with Gasteiger partial charge in [0.15, 0.2) is 0 Å². The van der Waals surface area contributed by atoms with Crippen molar-refractivity contribution < 1.29 is 5.11 Å². The first-order valence-corrected chi connectivity index (χ1v) is 5.93. The van der Waals surface area contributed by atoms with Gasteiger partial charge in [0.1, 0.15) is 5.82 Å². The van der Waals surface area contributed by atoms with Crippen LogP contribution in [0.5, 0.6) is 0 Å². The van der Waals surface area contributed by atoms with E-state index in [1.807, 2.05) is 6.92 Å². The molecule has 2 heterocycles. The molecule has 0 amide bonds. The molecule has 16 heavy (non-hydrogen) atoms. The highest BCUT2D eigenvalue weighted by Crippen LogP contribution is 2.24. The molecule has 1 saturated heterocycles. The minimum Gasteiger partial charge on any atom is -0.396 e. The molecule has 1 aromatic heterocycles. The van der Waals surface area contributed by atoms with E-state index < -0.39 is 0 Å². The Bertz CT molecular complexity index is 364. The molecule has 0 aliphatic carbocycles. The Hall–Kier alpha value is -0.870. The lowest BCUT2D eigenvalue weighted by atomic mass is 9.98. The van der Waals surface area contributed by atoms with Gasteiger partial charge in [-0.2, -0.15) is 0 Å². The van der Waals surface area contributed by atoms with Gasteiger partial charge in [0.25, 0.3) is 0 Å². The summed E-state index contributed by atoms with van der Waals surface area (Å²) in [4.78, 5) is 10.4. The Kier molecular flexibility index (Phi) is 3.61. The Labute approximate surface area is 100 Å². The lowest BCUT2D eigenvalue weighted by Gasteiger charge is -2.32. The summed E-state index contributed by atoms with van der Waals surface area (Å²) in [6.07, 6.45) is 3.78. The van der Waals surface area contributed by atoms with Crippen LogP contribution in [-0.2, 0) is 0 Å². The molecule has 1 aromatic rings. The maximum Gasteiger partial charge on any atom is 0.224 e. The third kappa shape index (κ3) is 2.44. The van der Waals surface area contributed by atoms with Crippen molar-refractivity contribution >= 4 is 17.4 Å². The molecule has 88 valence electrons. The minimum atomic E-state index is 0.289. The number of nitrogens with zero attached hydrogens (tertiary/aromatic N) is 3. The van der Waals surface area contributed by atoms with E-state index in [4.69, 9.17) is 16.7 Å². The number of hydrogen-bond acceptors (Lipinski definition) is 4. The zero-order valence-corrected chi connectivity index (χ0v) is 10.1. The quantitative estimate of drug-likeness (QED) is 0.800. The van der Waals surface area contributed by atoms with Crippen molar-refractivity contribution in [3.63, 3.8) is 0 Å². The molecule has 1 aliphatic heterocycles. The van der Waals surface area contributed by atoms with Gasteiger partial charge in [-0.3, -0.25) is 0 Å². The third-order valence-electron chi connectivity index (χ3n) is 3.09. The van der Waals surface area contributed by atoms with Crippen LogP contribution >= 0.6 is 11.6 Å². The molecular weight excluding hydrogens is 226 g/mol. The molecule has 0 atom stereocenters. The Balaban J connectivity index is 2.10. The van der Waals surface area contributed by atoms with Crippen LogP contribution in [0.3, 0.4) is 0 Å². The fourth-order valence-corrected chi connectivity index (χ4v) is 2.19. The van der Waals surface area contributed by atoms with Crippen LogP contribution < -0.4 is 4.90 Å². The van der Waals surface area contributed by atoms with Crippen LogP contribution in [0.15, 0.2) is 6.20 Å². The zero-order chi connectivity index (χ0) is 11.5. The Morgan fingerprint density at radius 1 is 1.50 bits per heavy atom. The van der Waals surface area contributed by atoms with Gasteiger partial charge < -0.3 is 10.0 Å². The first-order valence-electron chi connectivity index (χ1n) is 5.55. The van der Waals surface area contributed by atoms with Crippen molar-refractivity contribution in [3.8, 4) is 0 Å². The van der Waals surface area contributed by atoms with Crippen LogP contribution in [-0.4, -0.2) is 34.8 Å². The number of aliphatic hydroxyl groups excluding tert-OH is 1. The average Bonchev–Trinajstić information content (AvgIpc) is 2.32. The fourth-order valence-electron chi connectivity index (χ4n) is 2.06. The normalized spacial score (nSPS) is 17.8. The van der Waals surface area contributed by atoms with E-state index in [0.717, 1.165) is 37.3 Å². The van der Waals surface area contributed by atoms with Gasteiger partial charge in [-0.1, -0.05) is 0 Å². The maximum absolute atomic E-state index is 9.08. The van der Waals surface area contributed by atoms with E-state index in [1.165, 1.54) is 0 Å². The Morgan fingerprint density at radius 3 is 2.81 bits per heavy atom. The first kappa shape index (κ1) is 11.6. The number of aliphatic hydroxyl groups is 1. The summed E-state index contributed by atoms with van der Waals surface area (Å²) in [7, 11) is 0. The van der Waals surface area contributed by atoms with Crippen molar-refractivity contribution in [2.75, 3.05) is 24.6 Å². The Morgan fingerprint density at radius 2 is 2.19 bits per heavy atom. The van der Waals surface area contributed by atoms with Crippen LogP contribution in [0.2, 0.25) is 5.28 Å². The summed E-state index contributed by atoms with van der Waals surface area (Å²) in [6.45, 7) is 4.14. The highest BCUT2D eigenvalue weighted by atomic mass is 35.5. The topological polar surface area (TPSA) is 49.2 Å². The molecular formula is C11H16ClN3O. The lowest BCUT2D eigenvalue weighted by molar-refractivity contribution is 0.202. The molecule has 0 saturated carbocycles. The molecule has 2 rings (SSSR count). The largest absolute Gasteiger partial charge is 0.396 e. The zero-order valence-electron chi connectivity index (χ0n) is 9.36. The molecule has 4 nitrogen and oxygen atoms in total. The molecule has 5 heteroatoms. The smallest absolute Gasteiger partial charge is 0.224 e. The highest BCUT2D eigenvalue weighted by Gasteiger charge is 2.20. The summed E-state index contributed by atoms with van der Waals surface area (Å²) in [5.41, 5.74) is 1.05. The van der Waals surface area contributed by atoms with Crippen molar-refractivity contribution in [3.05, 3.63) is 17.0 Å². The van der Waals surface area contributed by atoms with E-state index in [9.17, 15) is 0 Å². The minimum absolute atomic E-state index is 0.289. The number of rotatable bonds is 2. The number of hydrogen-bond donors (Lipinski definition) is 1. The summed E-state index contributed by atoms with van der Waals surface area (Å²) < 4.78 is 0. The van der Waals surface area contributed by atoms with Gasteiger partial charge in [-0.05, 0) is 37.3 Å². The van der Waals surface area contributed by atoms with Crippen LogP contribution in [0.25, 0.3) is 0 Å². The number of anilines is 1. The number of aryl methyl sites for hydroxylation is 1. The molecule has 0 unspecified atom stereocenters. The van der Waals surface area contributed by atoms with Crippen molar-refractivity contribution in [2.24, 2.45) is 5.92 Å². The second kappa shape index (κ2) is 4.97. The predicted molar refractivity (Wildman–Crippen MR) is 63.8 cm³/mol. The maximum atomic E-state index is 9.08. The predicted octanol–water partition coefficient (Wildman–Crippen LogP) is 1.65. The monoisotopic (exact) mass is 241 g/mol. The summed E-state index contributed by atoms with van der Waals surface area (Å²) in [5, 5.41) is 9.38. The number of halogens is 1. The molecule has 1 aliphatic rings. The van der Waals surface area contributed by atoms with Crippen LogP contribution in [0.4, 0.5) is 5.82 Å². The van der Waals surface area contributed by atoms with E-state index in [-0.39, 0.29) is 6.61 Å². The van der Waals surface area contributed by atoms with Gasteiger partial charge in [0.05, 0.1) is 0 Å². The molecule has 0 bridgehead atoms. The second-order valence-electron chi connectivity index (χ2n) is 4.26. The molecule has 0 aromatic carbocycles. The first-order chi connectivity index (χ1) is 7.70. The molecule has 1 fully saturated rings. The van der Waals surface area contributed by atoms with Gasteiger partial charge in [0.2, 0.25) is 5.28 Å². The standard InChI is InChI=1S/C11H16ClN3O/c1-8-6-13-11(12)14-10(8)15-4-2-9(7-16)3-5-15/h6,9,16H,2-5,7H2,1H3. The summed E-state index contributed by atoms with van der Waals surface area (Å²) in [5.74, 6) is 1.37. The van der Waals surface area contributed by atoms with Gasteiger partial charge >= 0.3 is 0 Å². The van der Waals surface area contributed by atoms with E-state index in [1.54, 1.807) is 6.20 Å². The van der Waals surface area contributed by atoms with Crippen LogP contribution in [0.1, 0.15) is 18.4 Å². The van der Waals surface area contributed by atoms with Crippen molar-refractivity contribution in [2.45, 2.75) is 19.8 Å². The van der Waals surface area contributed by atoms with Crippen LogP contribution in [0, 0.1) is 12.8 Å². The third-order valence-corrected chi connectivity index (χ3v) is 3.27.